The molecule has 0 unspecified atom stereocenters. The third-order valence-corrected chi connectivity index (χ3v) is 3.57. The summed E-state index contributed by atoms with van der Waals surface area (Å²) in [6, 6.07) is 0. The molecule has 2 aliphatic heterocycles. The normalized spacial score (nSPS) is 30.8. The Hall–Kier alpha value is -0.160. The van der Waals surface area contributed by atoms with E-state index in [1.165, 1.54) is 0 Å². The Bertz CT molecular complexity index is 248. The zero-order valence-corrected chi connectivity index (χ0v) is 10.7. The molecule has 1 spiro atoms. The van der Waals surface area contributed by atoms with Crippen LogP contribution in [-0.4, -0.2) is 37.0 Å². The van der Waals surface area contributed by atoms with E-state index in [-0.39, 0.29) is 5.60 Å². The second-order valence-electron chi connectivity index (χ2n) is 5.17. The molecule has 2 saturated heterocycles. The van der Waals surface area contributed by atoms with Gasteiger partial charge >= 0.3 is 0 Å². The van der Waals surface area contributed by atoms with Gasteiger partial charge in [-0.2, -0.15) is 0 Å². The van der Waals surface area contributed by atoms with E-state index in [1.807, 2.05) is 13.8 Å². The van der Waals surface area contributed by atoms with E-state index >= 15 is 0 Å². The molecule has 0 amide bonds. The van der Waals surface area contributed by atoms with Gasteiger partial charge in [-0.15, -0.1) is 0 Å². The standard InChI is InChI=1S/C12H22O4/c1-5-11(6-2)7-15-12(16-11)8-13-10(3,4)14-9-12/h5-9H2,1-4H3. The zero-order chi connectivity index (χ0) is 11.9. The number of rotatable bonds is 2. The van der Waals surface area contributed by atoms with Gasteiger partial charge in [0.25, 0.3) is 0 Å². The molecule has 2 aliphatic rings. The Labute approximate surface area is 97.2 Å². The lowest BCUT2D eigenvalue weighted by atomic mass is 9.99. The average molecular weight is 230 g/mol. The van der Waals surface area contributed by atoms with Crippen LogP contribution in [0.15, 0.2) is 0 Å². The Kier molecular flexibility index (Phi) is 3.03. The topological polar surface area (TPSA) is 36.9 Å². The molecule has 16 heavy (non-hydrogen) atoms. The monoisotopic (exact) mass is 230 g/mol. The summed E-state index contributed by atoms with van der Waals surface area (Å²) in [4.78, 5) is 0. The van der Waals surface area contributed by atoms with Gasteiger partial charge in [0, 0.05) is 0 Å². The van der Waals surface area contributed by atoms with Gasteiger partial charge in [0.2, 0.25) is 5.79 Å². The summed E-state index contributed by atoms with van der Waals surface area (Å²) < 4.78 is 23.1. The SMILES string of the molecule is CCC1(CC)COC2(COC(C)(C)OC2)O1. The lowest BCUT2D eigenvalue weighted by molar-refractivity contribution is -0.357. The van der Waals surface area contributed by atoms with Crippen LogP contribution < -0.4 is 0 Å². The average Bonchev–Trinajstić information content (AvgIpc) is 2.64. The molecule has 2 rings (SSSR count). The second kappa shape index (κ2) is 3.95. The predicted octanol–water partition coefficient (Wildman–Crippen LogP) is 2.07. The van der Waals surface area contributed by atoms with Crippen molar-refractivity contribution in [3.05, 3.63) is 0 Å². The van der Waals surface area contributed by atoms with Gasteiger partial charge in [-0.3, -0.25) is 0 Å². The van der Waals surface area contributed by atoms with Gasteiger partial charge in [0.1, 0.15) is 13.2 Å². The first-order chi connectivity index (χ1) is 7.45. The summed E-state index contributed by atoms with van der Waals surface area (Å²) >= 11 is 0. The molecule has 0 N–H and O–H groups in total. The molecule has 0 atom stereocenters. The predicted molar refractivity (Wildman–Crippen MR) is 59.1 cm³/mol. The minimum atomic E-state index is -0.679. The van der Waals surface area contributed by atoms with E-state index in [2.05, 4.69) is 13.8 Å². The third-order valence-electron chi connectivity index (χ3n) is 3.57. The van der Waals surface area contributed by atoms with Crippen LogP contribution in [-0.2, 0) is 18.9 Å². The molecular formula is C12H22O4. The van der Waals surface area contributed by atoms with E-state index < -0.39 is 11.6 Å². The Balaban J connectivity index is 2.03. The smallest absolute Gasteiger partial charge is 0.217 e. The molecule has 2 fully saturated rings. The van der Waals surface area contributed by atoms with Crippen LogP contribution in [0.5, 0.6) is 0 Å². The van der Waals surface area contributed by atoms with Crippen molar-refractivity contribution in [1.82, 2.24) is 0 Å². The lowest BCUT2D eigenvalue weighted by Gasteiger charge is -2.40. The fourth-order valence-electron chi connectivity index (χ4n) is 2.11. The summed E-state index contributed by atoms with van der Waals surface area (Å²) in [5, 5.41) is 0. The molecule has 0 aromatic carbocycles. The van der Waals surface area contributed by atoms with E-state index in [1.54, 1.807) is 0 Å². The minimum Gasteiger partial charge on any atom is -0.345 e. The van der Waals surface area contributed by atoms with Crippen LogP contribution in [0.2, 0.25) is 0 Å². The van der Waals surface area contributed by atoms with Crippen LogP contribution in [0.1, 0.15) is 40.5 Å². The minimum absolute atomic E-state index is 0.159. The number of hydrogen-bond donors (Lipinski definition) is 0. The fourth-order valence-corrected chi connectivity index (χ4v) is 2.11. The molecule has 4 nitrogen and oxygen atoms in total. The van der Waals surface area contributed by atoms with Crippen molar-refractivity contribution in [2.75, 3.05) is 19.8 Å². The molecule has 2 heterocycles. The van der Waals surface area contributed by atoms with Gasteiger partial charge in [0.05, 0.1) is 12.2 Å². The molecule has 4 heteroatoms. The Morgan fingerprint density at radius 2 is 1.44 bits per heavy atom. The van der Waals surface area contributed by atoms with Crippen LogP contribution in [0.3, 0.4) is 0 Å². The van der Waals surface area contributed by atoms with Gasteiger partial charge in [0.15, 0.2) is 5.79 Å². The highest BCUT2D eigenvalue weighted by atomic mass is 16.8. The van der Waals surface area contributed by atoms with Crippen molar-refractivity contribution in [2.45, 2.75) is 57.7 Å². The largest absolute Gasteiger partial charge is 0.345 e. The summed E-state index contributed by atoms with van der Waals surface area (Å²) in [7, 11) is 0. The third kappa shape index (κ3) is 2.12. The maximum atomic E-state index is 6.10. The van der Waals surface area contributed by atoms with E-state index in [9.17, 15) is 0 Å². The fraction of sp³-hybridized carbons (Fsp3) is 1.00. The van der Waals surface area contributed by atoms with Gasteiger partial charge in [-0.05, 0) is 26.7 Å². The van der Waals surface area contributed by atoms with E-state index in [0.29, 0.717) is 19.8 Å². The zero-order valence-electron chi connectivity index (χ0n) is 10.7. The van der Waals surface area contributed by atoms with Crippen LogP contribution in [0.25, 0.3) is 0 Å². The molecule has 0 radical (unpaired) electrons. The van der Waals surface area contributed by atoms with Crippen LogP contribution in [0, 0.1) is 0 Å². The van der Waals surface area contributed by atoms with Gasteiger partial charge < -0.3 is 18.9 Å². The van der Waals surface area contributed by atoms with Gasteiger partial charge in [-0.25, -0.2) is 0 Å². The van der Waals surface area contributed by atoms with Crippen LogP contribution in [0.4, 0.5) is 0 Å². The first kappa shape index (κ1) is 12.3. The number of hydrogen-bond acceptors (Lipinski definition) is 4. The molecule has 0 bridgehead atoms. The molecule has 0 aliphatic carbocycles. The first-order valence-corrected chi connectivity index (χ1v) is 6.07. The summed E-state index contributed by atoms with van der Waals surface area (Å²) in [6.07, 6.45) is 1.91. The van der Waals surface area contributed by atoms with Crippen LogP contribution >= 0.6 is 0 Å². The summed E-state index contributed by atoms with van der Waals surface area (Å²) in [5.41, 5.74) is -0.159. The highest BCUT2D eigenvalue weighted by Crippen LogP contribution is 2.39. The Morgan fingerprint density at radius 1 is 0.875 bits per heavy atom. The summed E-state index contributed by atoms with van der Waals surface area (Å²) in [6.45, 7) is 9.58. The maximum Gasteiger partial charge on any atom is 0.217 e. The first-order valence-electron chi connectivity index (χ1n) is 6.07. The molecule has 0 saturated carbocycles. The van der Waals surface area contributed by atoms with Crippen molar-refractivity contribution < 1.29 is 18.9 Å². The van der Waals surface area contributed by atoms with Crippen molar-refractivity contribution >= 4 is 0 Å². The molecule has 0 aromatic heterocycles. The molecule has 94 valence electrons. The molecular weight excluding hydrogens is 208 g/mol. The quantitative estimate of drug-likeness (QED) is 0.727. The van der Waals surface area contributed by atoms with Crippen molar-refractivity contribution in [3.63, 3.8) is 0 Å². The highest BCUT2D eigenvalue weighted by molar-refractivity contribution is 4.91. The molecule has 0 aromatic rings. The van der Waals surface area contributed by atoms with Gasteiger partial charge in [-0.1, -0.05) is 13.8 Å². The Morgan fingerprint density at radius 3 is 1.88 bits per heavy atom. The van der Waals surface area contributed by atoms with E-state index in [0.717, 1.165) is 12.8 Å². The van der Waals surface area contributed by atoms with Crippen molar-refractivity contribution in [3.8, 4) is 0 Å². The lowest BCUT2D eigenvalue weighted by Crippen LogP contribution is -2.53. The van der Waals surface area contributed by atoms with E-state index in [4.69, 9.17) is 18.9 Å². The second-order valence-corrected chi connectivity index (χ2v) is 5.17. The van der Waals surface area contributed by atoms with Crippen molar-refractivity contribution in [2.24, 2.45) is 0 Å². The highest BCUT2D eigenvalue weighted by Gasteiger charge is 2.52. The van der Waals surface area contributed by atoms with Crippen molar-refractivity contribution in [1.29, 1.82) is 0 Å². The number of ether oxygens (including phenoxy) is 4. The summed E-state index contributed by atoms with van der Waals surface area (Å²) in [5.74, 6) is -1.21. The maximum absolute atomic E-state index is 6.10.